The van der Waals surface area contributed by atoms with Gasteiger partial charge in [-0.05, 0) is 39.3 Å². The Morgan fingerprint density at radius 2 is 2.04 bits per heavy atom. The van der Waals surface area contributed by atoms with Crippen LogP contribution >= 0.6 is 0 Å². The number of aryl methyl sites for hydroxylation is 3. The van der Waals surface area contributed by atoms with Crippen molar-refractivity contribution in [1.82, 2.24) is 15.1 Å². The summed E-state index contributed by atoms with van der Waals surface area (Å²) in [4.78, 5) is 12.2. The minimum atomic E-state index is 0.0276. The van der Waals surface area contributed by atoms with Gasteiger partial charge in [0.25, 0.3) is 0 Å². The molecule has 0 bridgehead atoms. The zero-order chi connectivity index (χ0) is 17.0. The second-order valence-electron chi connectivity index (χ2n) is 6.23. The molecule has 0 aliphatic rings. The van der Waals surface area contributed by atoms with Crippen molar-refractivity contribution in [3.63, 3.8) is 0 Å². The first-order chi connectivity index (χ1) is 10.9. The van der Waals surface area contributed by atoms with E-state index in [2.05, 4.69) is 21.8 Å². The van der Waals surface area contributed by atoms with Crippen LogP contribution in [0.1, 0.15) is 35.7 Å². The van der Waals surface area contributed by atoms with E-state index in [9.17, 15) is 4.79 Å². The molecule has 1 atom stereocenters. The molecule has 1 aromatic carbocycles. The molecular weight excluding hydrogens is 288 g/mol. The van der Waals surface area contributed by atoms with Crippen LogP contribution in [0, 0.1) is 20.8 Å². The number of rotatable bonds is 6. The predicted molar refractivity (Wildman–Crippen MR) is 93.4 cm³/mol. The highest BCUT2D eigenvalue weighted by Crippen LogP contribution is 2.16. The minimum Gasteiger partial charge on any atom is -0.326 e. The molecule has 0 aliphatic heterocycles. The third-order valence-corrected chi connectivity index (χ3v) is 4.13. The number of hydrogen-bond donors (Lipinski definition) is 2. The van der Waals surface area contributed by atoms with Crippen LogP contribution in [0.2, 0.25) is 0 Å². The zero-order valence-electron chi connectivity index (χ0n) is 14.6. The number of carbonyl (C=O) groups is 1. The minimum absolute atomic E-state index is 0.0276. The Morgan fingerprint density at radius 1 is 1.30 bits per heavy atom. The maximum atomic E-state index is 12.2. The van der Waals surface area contributed by atoms with E-state index in [1.807, 2.05) is 57.8 Å². The third-order valence-electron chi connectivity index (χ3n) is 4.13. The van der Waals surface area contributed by atoms with Crippen LogP contribution < -0.4 is 10.6 Å². The Bertz CT molecular complexity index is 690. The molecule has 1 heterocycles. The monoisotopic (exact) mass is 314 g/mol. The van der Waals surface area contributed by atoms with Crippen LogP contribution in [-0.2, 0) is 18.4 Å². The quantitative estimate of drug-likeness (QED) is 0.862. The number of hydrogen-bond acceptors (Lipinski definition) is 3. The molecule has 0 saturated heterocycles. The topological polar surface area (TPSA) is 59.0 Å². The summed E-state index contributed by atoms with van der Waals surface area (Å²) >= 11 is 0. The molecule has 1 aromatic heterocycles. The largest absolute Gasteiger partial charge is 0.326 e. The van der Waals surface area contributed by atoms with Crippen LogP contribution in [0.4, 0.5) is 5.69 Å². The Labute approximate surface area is 138 Å². The van der Waals surface area contributed by atoms with Crippen molar-refractivity contribution in [3.8, 4) is 0 Å². The zero-order valence-corrected chi connectivity index (χ0v) is 14.6. The van der Waals surface area contributed by atoms with E-state index >= 15 is 0 Å². The van der Waals surface area contributed by atoms with Gasteiger partial charge in [0, 0.05) is 43.0 Å². The van der Waals surface area contributed by atoms with Gasteiger partial charge in [-0.2, -0.15) is 5.10 Å². The predicted octanol–water partition coefficient (Wildman–Crippen LogP) is 2.85. The fourth-order valence-corrected chi connectivity index (χ4v) is 2.51. The summed E-state index contributed by atoms with van der Waals surface area (Å²) in [6, 6.07) is 6.14. The molecule has 0 radical (unpaired) electrons. The summed E-state index contributed by atoms with van der Waals surface area (Å²) in [5.74, 6) is 0.0276. The number of benzene rings is 1. The van der Waals surface area contributed by atoms with Gasteiger partial charge in [-0.25, -0.2) is 0 Å². The first-order valence-corrected chi connectivity index (χ1v) is 7.94. The smallest absolute Gasteiger partial charge is 0.225 e. The van der Waals surface area contributed by atoms with Crippen LogP contribution in [0.3, 0.4) is 0 Å². The summed E-state index contributed by atoms with van der Waals surface area (Å²) < 4.78 is 1.86. The summed E-state index contributed by atoms with van der Waals surface area (Å²) in [6.45, 7) is 8.84. The number of carbonyl (C=O) groups excluding carboxylic acids is 1. The Kier molecular flexibility index (Phi) is 5.55. The molecule has 0 saturated carbocycles. The molecule has 0 spiro atoms. The van der Waals surface area contributed by atoms with E-state index in [1.54, 1.807) is 0 Å². The second kappa shape index (κ2) is 7.42. The van der Waals surface area contributed by atoms with E-state index in [4.69, 9.17) is 0 Å². The van der Waals surface area contributed by atoms with Crippen LogP contribution in [-0.4, -0.2) is 21.7 Å². The molecular formula is C18H26N4O. The van der Waals surface area contributed by atoms with Crippen molar-refractivity contribution in [2.75, 3.05) is 5.32 Å². The number of amides is 1. The molecule has 1 amide bonds. The van der Waals surface area contributed by atoms with Gasteiger partial charge in [-0.3, -0.25) is 9.48 Å². The molecule has 124 valence electrons. The molecule has 23 heavy (non-hydrogen) atoms. The Hall–Kier alpha value is -2.14. The number of aromatic nitrogens is 2. The molecule has 5 nitrogen and oxygen atoms in total. The lowest BCUT2D eigenvalue weighted by atomic mass is 10.1. The number of anilines is 1. The van der Waals surface area contributed by atoms with E-state index in [0.717, 1.165) is 29.1 Å². The second-order valence-corrected chi connectivity index (χ2v) is 6.23. The first-order valence-electron chi connectivity index (χ1n) is 7.94. The fourth-order valence-electron chi connectivity index (χ4n) is 2.51. The van der Waals surface area contributed by atoms with Crippen molar-refractivity contribution in [3.05, 3.63) is 46.8 Å². The molecule has 5 heteroatoms. The highest BCUT2D eigenvalue weighted by Gasteiger charge is 2.11. The maximum Gasteiger partial charge on any atom is 0.225 e. The van der Waals surface area contributed by atoms with Gasteiger partial charge < -0.3 is 10.6 Å². The average Bonchev–Trinajstić information content (AvgIpc) is 2.79. The molecule has 0 fully saturated rings. The van der Waals surface area contributed by atoms with E-state index in [0.29, 0.717) is 6.42 Å². The van der Waals surface area contributed by atoms with Gasteiger partial charge in [0.1, 0.15) is 0 Å². The highest BCUT2D eigenvalue weighted by atomic mass is 16.1. The van der Waals surface area contributed by atoms with Gasteiger partial charge >= 0.3 is 0 Å². The van der Waals surface area contributed by atoms with Crippen LogP contribution in [0.5, 0.6) is 0 Å². The van der Waals surface area contributed by atoms with Gasteiger partial charge in [-0.15, -0.1) is 0 Å². The van der Waals surface area contributed by atoms with Crippen molar-refractivity contribution in [2.24, 2.45) is 7.05 Å². The normalized spacial score (nSPS) is 12.2. The standard InChI is InChI=1S/C18H26N4O/c1-12-6-7-17(13(2)8-12)21-18(23)9-14(3)19-10-16-11-20-22(5)15(16)4/h6-8,11,14,19H,9-10H2,1-5H3,(H,21,23)/t14-/m1/s1. The summed E-state index contributed by atoms with van der Waals surface area (Å²) in [5.41, 5.74) is 5.47. The highest BCUT2D eigenvalue weighted by molar-refractivity contribution is 5.91. The Morgan fingerprint density at radius 3 is 2.65 bits per heavy atom. The SMILES string of the molecule is Cc1ccc(NC(=O)C[C@@H](C)NCc2cnn(C)c2C)c(C)c1. The van der Waals surface area contributed by atoms with Gasteiger partial charge in [-0.1, -0.05) is 17.7 Å². The lowest BCUT2D eigenvalue weighted by Gasteiger charge is -2.15. The Balaban J connectivity index is 1.83. The number of nitrogens with one attached hydrogen (secondary N) is 2. The third kappa shape index (κ3) is 4.66. The molecule has 2 N–H and O–H groups in total. The maximum absolute atomic E-state index is 12.2. The van der Waals surface area contributed by atoms with Crippen LogP contribution in [0.15, 0.2) is 24.4 Å². The van der Waals surface area contributed by atoms with Crippen molar-refractivity contribution < 1.29 is 4.79 Å². The average molecular weight is 314 g/mol. The van der Waals surface area contributed by atoms with E-state index in [1.165, 1.54) is 5.56 Å². The summed E-state index contributed by atoms with van der Waals surface area (Å²) in [5, 5.41) is 10.6. The summed E-state index contributed by atoms with van der Waals surface area (Å²) in [7, 11) is 1.93. The molecule has 2 aromatic rings. The summed E-state index contributed by atoms with van der Waals surface area (Å²) in [6.07, 6.45) is 2.30. The first kappa shape index (κ1) is 17.2. The van der Waals surface area contributed by atoms with Crippen LogP contribution in [0.25, 0.3) is 0 Å². The van der Waals surface area contributed by atoms with Gasteiger partial charge in [0.15, 0.2) is 0 Å². The molecule has 0 aliphatic carbocycles. The fraction of sp³-hybridized carbons (Fsp3) is 0.444. The lowest BCUT2D eigenvalue weighted by Crippen LogP contribution is -2.30. The van der Waals surface area contributed by atoms with Gasteiger partial charge in [0.05, 0.1) is 6.20 Å². The molecule has 2 rings (SSSR count). The molecule has 0 unspecified atom stereocenters. The lowest BCUT2D eigenvalue weighted by molar-refractivity contribution is -0.116. The van der Waals surface area contributed by atoms with Gasteiger partial charge in [0.2, 0.25) is 5.91 Å². The van der Waals surface area contributed by atoms with Crippen molar-refractivity contribution in [2.45, 2.75) is 46.7 Å². The number of nitrogens with zero attached hydrogens (tertiary/aromatic N) is 2. The van der Waals surface area contributed by atoms with Crippen molar-refractivity contribution in [1.29, 1.82) is 0 Å². The van der Waals surface area contributed by atoms with E-state index in [-0.39, 0.29) is 11.9 Å². The van der Waals surface area contributed by atoms with Crippen molar-refractivity contribution >= 4 is 11.6 Å². The van der Waals surface area contributed by atoms with E-state index < -0.39 is 0 Å².